The van der Waals surface area contributed by atoms with Gasteiger partial charge in [0.05, 0.1) is 24.3 Å². The molecule has 0 radical (unpaired) electrons. The predicted molar refractivity (Wildman–Crippen MR) is 152 cm³/mol. The van der Waals surface area contributed by atoms with Crippen molar-refractivity contribution in [2.45, 2.75) is 40.5 Å². The molecule has 2 aromatic carbocycles. The molecule has 0 atom stereocenters. The zero-order valence-corrected chi connectivity index (χ0v) is 21.1. The second kappa shape index (κ2) is 15.0. The van der Waals surface area contributed by atoms with Gasteiger partial charge < -0.3 is 5.32 Å². The summed E-state index contributed by atoms with van der Waals surface area (Å²) >= 11 is 3.15. The highest BCUT2D eigenvalue weighted by Crippen LogP contribution is 2.21. The normalized spacial score (nSPS) is 10.9. The second-order valence-corrected chi connectivity index (χ2v) is 9.69. The molecule has 7 nitrogen and oxygen atoms in total. The van der Waals surface area contributed by atoms with Crippen LogP contribution >= 0.6 is 22.7 Å². The fourth-order valence-electron chi connectivity index (χ4n) is 3.29. The largest absolute Gasteiger partial charge is 0.408 e. The summed E-state index contributed by atoms with van der Waals surface area (Å²) in [6, 6.07) is 16.5. The maximum absolute atomic E-state index is 4.33. The number of thiazole rings is 2. The number of unbranched alkanes of at least 4 members (excludes halogenated alkanes) is 2. The Morgan fingerprint density at radius 1 is 0.667 bits per heavy atom. The zero-order valence-electron chi connectivity index (χ0n) is 19.5. The lowest BCUT2D eigenvalue weighted by atomic mass is 10.1. The maximum Gasteiger partial charge on any atom is 0.408 e. The summed E-state index contributed by atoms with van der Waals surface area (Å²) in [4.78, 5) is 0. The van der Waals surface area contributed by atoms with Gasteiger partial charge >= 0.3 is 10.3 Å². The Labute approximate surface area is 222 Å². The number of nitrogens with one attached hydrogen (secondary N) is 1. The van der Waals surface area contributed by atoms with E-state index in [1.165, 1.54) is 18.4 Å². The third-order valence-corrected chi connectivity index (χ3v) is 6.97. The van der Waals surface area contributed by atoms with Crippen molar-refractivity contribution in [3.63, 3.8) is 0 Å². The van der Waals surface area contributed by atoms with Crippen molar-refractivity contribution in [3.05, 3.63) is 77.2 Å². The van der Waals surface area contributed by atoms with Crippen LogP contribution in [0.15, 0.2) is 92.1 Å². The number of anilines is 1. The molecule has 2 aromatic heterocycles. The van der Waals surface area contributed by atoms with E-state index < -0.39 is 0 Å². The van der Waals surface area contributed by atoms with E-state index in [1.807, 2.05) is 70.6 Å². The fraction of sp³-hybridized carbons (Fsp3) is 0.333. The van der Waals surface area contributed by atoms with Crippen molar-refractivity contribution < 1.29 is 9.13 Å². The summed E-state index contributed by atoms with van der Waals surface area (Å²) in [6.45, 7) is 0.964. The Hall–Kier alpha value is -3.30. The average Bonchev–Trinajstić information content (AvgIpc) is 3.47. The van der Waals surface area contributed by atoms with Crippen molar-refractivity contribution in [2.24, 2.45) is 34.6 Å². The summed E-state index contributed by atoms with van der Waals surface area (Å²) in [5.41, 5.74) is 4.19. The van der Waals surface area contributed by atoms with Crippen LogP contribution in [0.1, 0.15) is 39.7 Å². The first-order valence-corrected chi connectivity index (χ1v) is 13.1. The van der Waals surface area contributed by atoms with Gasteiger partial charge in [0.25, 0.3) is 0 Å². The van der Waals surface area contributed by atoms with Gasteiger partial charge in [0.15, 0.2) is 0 Å². The first-order valence-electron chi connectivity index (χ1n) is 11.3. The van der Waals surface area contributed by atoms with E-state index in [2.05, 4.69) is 50.0 Å². The molecular formula is C27H37N7S2+2. The number of rotatable bonds is 11. The molecule has 2 heterocycles. The number of benzene rings is 2. The van der Waals surface area contributed by atoms with Crippen molar-refractivity contribution in [3.8, 4) is 0 Å². The van der Waals surface area contributed by atoms with Crippen LogP contribution < -0.4 is 14.5 Å². The SMILES string of the molecule is C.C.C[n+]1ccsc1N=Nc1ccc(CCCCCNc2ccc(N=Nc3scc[n+]3C)cc2)cc1. The van der Waals surface area contributed by atoms with Gasteiger partial charge in [-0.15, -0.1) is 0 Å². The molecule has 190 valence electrons. The van der Waals surface area contributed by atoms with Gasteiger partial charge in [0.2, 0.25) is 0 Å². The number of hydrogen-bond acceptors (Lipinski definition) is 7. The smallest absolute Gasteiger partial charge is 0.385 e. The molecule has 0 saturated heterocycles. The molecule has 0 fully saturated rings. The van der Waals surface area contributed by atoms with Crippen LogP contribution in [0.4, 0.5) is 27.3 Å². The van der Waals surface area contributed by atoms with E-state index in [4.69, 9.17) is 0 Å². The van der Waals surface area contributed by atoms with Crippen molar-refractivity contribution in [2.75, 3.05) is 11.9 Å². The van der Waals surface area contributed by atoms with E-state index in [1.54, 1.807) is 22.7 Å². The molecule has 0 bridgehead atoms. The van der Waals surface area contributed by atoms with E-state index in [-0.39, 0.29) is 14.9 Å². The fourth-order valence-corrected chi connectivity index (χ4v) is 4.65. The lowest BCUT2D eigenvalue weighted by molar-refractivity contribution is -0.654. The van der Waals surface area contributed by atoms with Crippen LogP contribution in [-0.4, -0.2) is 6.54 Å². The average molecular weight is 524 g/mol. The highest BCUT2D eigenvalue weighted by molar-refractivity contribution is 7.13. The number of aromatic nitrogens is 2. The van der Waals surface area contributed by atoms with Gasteiger partial charge in [-0.05, 0) is 94.1 Å². The molecule has 0 amide bonds. The van der Waals surface area contributed by atoms with Crippen LogP contribution in [0.5, 0.6) is 0 Å². The van der Waals surface area contributed by atoms with Crippen LogP contribution in [-0.2, 0) is 20.5 Å². The van der Waals surface area contributed by atoms with Crippen molar-refractivity contribution in [1.29, 1.82) is 0 Å². The predicted octanol–water partition coefficient (Wildman–Crippen LogP) is 8.39. The minimum Gasteiger partial charge on any atom is -0.385 e. The van der Waals surface area contributed by atoms with Crippen molar-refractivity contribution in [1.82, 2.24) is 0 Å². The Morgan fingerprint density at radius 2 is 1.19 bits per heavy atom. The highest BCUT2D eigenvalue weighted by Gasteiger charge is 2.08. The molecular weight excluding hydrogens is 486 g/mol. The molecule has 0 aliphatic carbocycles. The second-order valence-electron chi connectivity index (χ2n) is 7.94. The van der Waals surface area contributed by atoms with Gasteiger partial charge in [-0.25, -0.2) is 9.13 Å². The van der Waals surface area contributed by atoms with Crippen LogP contribution in [0.2, 0.25) is 0 Å². The van der Waals surface area contributed by atoms with Gasteiger partial charge in [0, 0.05) is 23.0 Å². The minimum absolute atomic E-state index is 0. The Kier molecular flexibility index (Phi) is 12.0. The van der Waals surface area contributed by atoms with Gasteiger partial charge in [-0.3, -0.25) is 0 Å². The molecule has 0 unspecified atom stereocenters. The first-order chi connectivity index (χ1) is 16.7. The van der Waals surface area contributed by atoms with Crippen LogP contribution in [0, 0.1) is 0 Å². The Balaban J connectivity index is 0.00000228. The summed E-state index contributed by atoms with van der Waals surface area (Å²) in [5.74, 6) is 0. The van der Waals surface area contributed by atoms with Crippen molar-refractivity contribution >= 4 is 50.0 Å². The van der Waals surface area contributed by atoms with Gasteiger partial charge in [-0.2, -0.15) is 0 Å². The summed E-state index contributed by atoms with van der Waals surface area (Å²) in [7, 11) is 3.94. The number of nitrogens with zero attached hydrogens (tertiary/aromatic N) is 6. The highest BCUT2D eigenvalue weighted by atomic mass is 32.1. The van der Waals surface area contributed by atoms with E-state index in [0.29, 0.717) is 0 Å². The standard InChI is InChI=1S/C25H28N7S2.2CH4/c1-31-16-18-33-24(31)29-27-22-9-7-20(8-10-22)6-4-3-5-15-26-21-11-13-23(14-12-21)28-30-25-32(2)17-19-34-25;;/h7-14,16-19H,3-6,15H2,1-2H3;2*1H4/q+1;;/p+1. The molecule has 0 saturated carbocycles. The van der Waals surface area contributed by atoms with E-state index in [9.17, 15) is 0 Å². The maximum atomic E-state index is 4.33. The number of hydrogen-bond donors (Lipinski definition) is 1. The van der Waals surface area contributed by atoms with Crippen LogP contribution in [0.3, 0.4) is 0 Å². The Morgan fingerprint density at radius 3 is 1.69 bits per heavy atom. The number of azo groups is 2. The third kappa shape index (κ3) is 8.73. The lowest BCUT2D eigenvalue weighted by Gasteiger charge is -2.06. The van der Waals surface area contributed by atoms with E-state index >= 15 is 0 Å². The van der Waals surface area contributed by atoms with E-state index in [0.717, 1.165) is 46.7 Å². The Bertz CT molecular complexity index is 1130. The monoisotopic (exact) mass is 523 g/mol. The van der Waals surface area contributed by atoms with Crippen LogP contribution in [0.25, 0.3) is 0 Å². The molecule has 0 aliphatic rings. The lowest BCUT2D eigenvalue weighted by Crippen LogP contribution is -2.23. The van der Waals surface area contributed by atoms with Gasteiger partial charge in [0.1, 0.15) is 23.8 Å². The number of aryl methyl sites for hydroxylation is 3. The molecule has 9 heteroatoms. The molecule has 4 rings (SSSR count). The zero-order chi connectivity index (χ0) is 23.6. The third-order valence-electron chi connectivity index (χ3n) is 5.30. The molecule has 0 spiro atoms. The topological polar surface area (TPSA) is 69.2 Å². The quantitative estimate of drug-likeness (QED) is 0.120. The summed E-state index contributed by atoms with van der Waals surface area (Å²) < 4.78 is 3.92. The summed E-state index contributed by atoms with van der Waals surface area (Å²) in [6.07, 6.45) is 8.54. The van der Waals surface area contributed by atoms with Gasteiger partial charge in [-0.1, -0.05) is 33.4 Å². The summed E-state index contributed by atoms with van der Waals surface area (Å²) in [5, 5.41) is 26.5. The molecule has 1 N–H and O–H groups in total. The molecule has 4 aromatic rings. The first kappa shape index (κ1) is 28.9. The molecule has 0 aliphatic heterocycles. The molecule has 36 heavy (non-hydrogen) atoms. The minimum atomic E-state index is 0.